The second kappa shape index (κ2) is 10.0. The highest BCUT2D eigenvalue weighted by molar-refractivity contribution is 6.42. The maximum Gasteiger partial charge on any atom is 0.339 e. The Morgan fingerprint density at radius 1 is 1.07 bits per heavy atom. The van der Waals surface area contributed by atoms with Gasteiger partial charge in [0, 0.05) is 11.1 Å². The summed E-state index contributed by atoms with van der Waals surface area (Å²) in [5, 5.41) is 14.3. The Morgan fingerprint density at radius 2 is 1.79 bits per heavy atom. The van der Waals surface area contributed by atoms with Crippen LogP contribution in [0.1, 0.15) is 23.6 Å². The van der Waals surface area contributed by atoms with Crippen LogP contribution in [0.3, 0.4) is 0 Å². The number of carboxylic acids is 1. The minimum absolute atomic E-state index is 0.0259. The third kappa shape index (κ3) is 5.18. The van der Waals surface area contributed by atoms with Crippen LogP contribution >= 0.6 is 23.2 Å². The van der Waals surface area contributed by atoms with Crippen LogP contribution in [0.15, 0.2) is 53.4 Å². The van der Waals surface area contributed by atoms with E-state index in [9.17, 15) is 9.90 Å². The molecule has 0 heterocycles. The SMILES string of the molecule is CO/C(=N\OCc1ccccc1/C(C(=O)O)=C(/C)OC)c1ccc(Cl)c(Cl)c1. The van der Waals surface area contributed by atoms with E-state index >= 15 is 0 Å². The van der Waals surface area contributed by atoms with Crippen molar-refractivity contribution < 1.29 is 24.2 Å². The molecule has 0 aliphatic heterocycles. The summed E-state index contributed by atoms with van der Waals surface area (Å²) in [5.74, 6) is -0.598. The predicted octanol–water partition coefficient (Wildman–Crippen LogP) is 4.98. The van der Waals surface area contributed by atoms with Crippen LogP contribution in [-0.2, 0) is 25.7 Å². The fourth-order valence-corrected chi connectivity index (χ4v) is 2.74. The fraction of sp³-hybridized carbons (Fsp3) is 0.200. The van der Waals surface area contributed by atoms with Gasteiger partial charge >= 0.3 is 5.97 Å². The van der Waals surface area contributed by atoms with Gasteiger partial charge in [-0.1, -0.05) is 47.5 Å². The number of ether oxygens (including phenoxy) is 2. The number of carboxylic acid groups (broad SMARTS) is 1. The molecule has 0 aliphatic carbocycles. The van der Waals surface area contributed by atoms with E-state index in [1.54, 1.807) is 49.4 Å². The van der Waals surface area contributed by atoms with Gasteiger partial charge in [0.15, 0.2) is 0 Å². The Labute approximate surface area is 172 Å². The number of oxime groups is 1. The van der Waals surface area contributed by atoms with Gasteiger partial charge in [0.25, 0.3) is 5.90 Å². The van der Waals surface area contributed by atoms with E-state index in [0.717, 1.165) is 0 Å². The number of carbonyl (C=O) groups is 1. The van der Waals surface area contributed by atoms with Gasteiger partial charge < -0.3 is 19.4 Å². The van der Waals surface area contributed by atoms with Crippen molar-refractivity contribution in [3.05, 3.63) is 75.0 Å². The van der Waals surface area contributed by atoms with Crippen LogP contribution in [-0.4, -0.2) is 31.2 Å². The molecule has 0 aliphatic rings. The monoisotopic (exact) mass is 423 g/mol. The van der Waals surface area contributed by atoms with E-state index in [4.69, 9.17) is 37.5 Å². The smallest absolute Gasteiger partial charge is 0.339 e. The van der Waals surface area contributed by atoms with E-state index in [-0.39, 0.29) is 23.8 Å². The minimum Gasteiger partial charge on any atom is -0.500 e. The minimum atomic E-state index is -1.09. The molecule has 6 nitrogen and oxygen atoms in total. The molecule has 0 spiro atoms. The van der Waals surface area contributed by atoms with Crippen molar-refractivity contribution in [2.24, 2.45) is 5.16 Å². The molecule has 2 aromatic carbocycles. The molecule has 2 aromatic rings. The summed E-state index contributed by atoms with van der Waals surface area (Å²) in [6.07, 6.45) is 0. The molecule has 8 heteroatoms. The zero-order chi connectivity index (χ0) is 20.7. The normalized spacial score (nSPS) is 12.2. The number of rotatable bonds is 7. The summed E-state index contributed by atoms with van der Waals surface area (Å²) in [7, 11) is 2.87. The molecule has 0 saturated heterocycles. The van der Waals surface area contributed by atoms with E-state index in [1.165, 1.54) is 14.2 Å². The summed E-state index contributed by atoms with van der Waals surface area (Å²) < 4.78 is 10.3. The molecule has 0 radical (unpaired) electrons. The molecule has 0 aromatic heterocycles. The van der Waals surface area contributed by atoms with Crippen LogP contribution in [0.4, 0.5) is 0 Å². The molecular weight excluding hydrogens is 405 g/mol. The first-order chi connectivity index (χ1) is 13.4. The average molecular weight is 424 g/mol. The number of methoxy groups -OCH3 is 2. The number of benzene rings is 2. The molecule has 0 fully saturated rings. The van der Waals surface area contributed by atoms with Crippen LogP contribution in [0.2, 0.25) is 10.0 Å². The molecule has 0 saturated carbocycles. The highest BCUT2D eigenvalue weighted by Crippen LogP contribution is 2.25. The zero-order valence-corrected chi connectivity index (χ0v) is 17.0. The molecule has 148 valence electrons. The largest absolute Gasteiger partial charge is 0.500 e. The number of nitrogens with zero attached hydrogens (tertiary/aromatic N) is 1. The van der Waals surface area contributed by atoms with E-state index in [0.29, 0.717) is 26.7 Å². The topological polar surface area (TPSA) is 77.4 Å². The van der Waals surface area contributed by atoms with Gasteiger partial charge in [0.05, 0.1) is 24.3 Å². The number of hydrogen-bond acceptors (Lipinski definition) is 5. The first-order valence-corrected chi connectivity index (χ1v) is 8.90. The fourth-order valence-electron chi connectivity index (χ4n) is 2.44. The number of aliphatic carboxylic acids is 1. The van der Waals surface area contributed by atoms with E-state index in [2.05, 4.69) is 5.16 Å². The lowest BCUT2D eigenvalue weighted by Crippen LogP contribution is -2.08. The second-order valence-electron chi connectivity index (χ2n) is 5.60. The number of halogens is 2. The third-order valence-electron chi connectivity index (χ3n) is 3.89. The Balaban J connectivity index is 2.28. The molecule has 0 amide bonds. The first kappa shape index (κ1) is 21.6. The van der Waals surface area contributed by atoms with Crippen molar-refractivity contribution in [1.29, 1.82) is 0 Å². The van der Waals surface area contributed by atoms with Gasteiger partial charge in [-0.2, -0.15) is 0 Å². The van der Waals surface area contributed by atoms with Gasteiger partial charge in [-0.05, 0) is 35.8 Å². The maximum atomic E-state index is 11.7. The van der Waals surface area contributed by atoms with Crippen molar-refractivity contribution in [2.45, 2.75) is 13.5 Å². The molecule has 0 atom stereocenters. The van der Waals surface area contributed by atoms with Crippen LogP contribution < -0.4 is 0 Å². The Morgan fingerprint density at radius 3 is 2.39 bits per heavy atom. The van der Waals surface area contributed by atoms with E-state index in [1.807, 2.05) is 0 Å². The summed E-state index contributed by atoms with van der Waals surface area (Å²) in [6.45, 7) is 1.62. The highest BCUT2D eigenvalue weighted by Gasteiger charge is 2.18. The van der Waals surface area contributed by atoms with Gasteiger partial charge in [-0.25, -0.2) is 4.79 Å². The molecule has 0 unspecified atom stereocenters. The molecule has 0 bridgehead atoms. The zero-order valence-electron chi connectivity index (χ0n) is 15.5. The Hall–Kier alpha value is -2.70. The summed E-state index contributed by atoms with van der Waals surface area (Å²) in [6, 6.07) is 11.9. The number of allylic oxidation sites excluding steroid dienone is 1. The Kier molecular flexibility index (Phi) is 7.72. The highest BCUT2D eigenvalue weighted by atomic mass is 35.5. The summed E-state index contributed by atoms with van der Waals surface area (Å²) >= 11 is 11.9. The van der Waals surface area contributed by atoms with Crippen LogP contribution in [0, 0.1) is 0 Å². The van der Waals surface area contributed by atoms with E-state index < -0.39 is 5.97 Å². The average Bonchev–Trinajstić information content (AvgIpc) is 2.68. The van der Waals surface area contributed by atoms with Crippen molar-refractivity contribution in [1.82, 2.24) is 0 Å². The van der Waals surface area contributed by atoms with Crippen LogP contribution in [0.25, 0.3) is 5.57 Å². The predicted molar refractivity (Wildman–Crippen MR) is 108 cm³/mol. The quantitative estimate of drug-likeness (QED) is 0.223. The van der Waals surface area contributed by atoms with Gasteiger partial charge in [-0.15, -0.1) is 0 Å². The van der Waals surface area contributed by atoms with Gasteiger partial charge in [0.2, 0.25) is 0 Å². The first-order valence-electron chi connectivity index (χ1n) is 8.14. The summed E-state index contributed by atoms with van der Waals surface area (Å²) in [5.41, 5.74) is 1.76. The standard InChI is InChI=1S/C20H19Cl2NO5/c1-12(26-2)18(20(24)25)15-7-5-4-6-14(15)11-28-23-19(27-3)13-8-9-16(21)17(22)10-13/h4-10H,11H2,1-3H3,(H,24,25)/b18-12+,23-19-. The van der Waals surface area contributed by atoms with Crippen molar-refractivity contribution in [3.8, 4) is 0 Å². The Bertz CT molecular complexity index is 925. The lowest BCUT2D eigenvalue weighted by atomic mass is 9.99. The second-order valence-corrected chi connectivity index (χ2v) is 6.41. The van der Waals surface area contributed by atoms with Crippen molar-refractivity contribution >= 4 is 40.6 Å². The lowest BCUT2D eigenvalue weighted by molar-refractivity contribution is -0.130. The van der Waals surface area contributed by atoms with Crippen LogP contribution in [0.5, 0.6) is 0 Å². The molecular formula is C20H19Cl2NO5. The lowest BCUT2D eigenvalue weighted by Gasteiger charge is -2.12. The van der Waals surface area contributed by atoms with Gasteiger partial charge in [0.1, 0.15) is 17.9 Å². The number of hydrogen-bond donors (Lipinski definition) is 1. The molecule has 28 heavy (non-hydrogen) atoms. The molecule has 2 rings (SSSR count). The third-order valence-corrected chi connectivity index (χ3v) is 4.63. The molecule has 1 N–H and O–H groups in total. The summed E-state index contributed by atoms with van der Waals surface area (Å²) in [4.78, 5) is 17.1. The van der Waals surface area contributed by atoms with Crippen molar-refractivity contribution in [2.75, 3.05) is 14.2 Å². The maximum absolute atomic E-state index is 11.7. The van der Waals surface area contributed by atoms with Gasteiger partial charge in [-0.3, -0.25) is 0 Å². The van der Waals surface area contributed by atoms with Crippen molar-refractivity contribution in [3.63, 3.8) is 0 Å².